The van der Waals surface area contributed by atoms with E-state index in [0.717, 1.165) is 11.1 Å². The van der Waals surface area contributed by atoms with E-state index in [-0.39, 0.29) is 23.8 Å². The minimum atomic E-state index is -0.602. The van der Waals surface area contributed by atoms with Crippen LogP contribution < -0.4 is 34.2 Å². The topological polar surface area (TPSA) is 122 Å². The van der Waals surface area contributed by atoms with Crippen LogP contribution in [0.5, 0.6) is 34.5 Å². The summed E-state index contributed by atoms with van der Waals surface area (Å²) in [6.07, 6.45) is 0. The Morgan fingerprint density at radius 1 is 0.860 bits per heavy atom. The Morgan fingerprint density at radius 2 is 1.58 bits per heavy atom. The summed E-state index contributed by atoms with van der Waals surface area (Å²) in [7, 11) is 3.13. The van der Waals surface area contributed by atoms with Gasteiger partial charge in [0.1, 0.15) is 41.2 Å². The summed E-state index contributed by atoms with van der Waals surface area (Å²) in [5.41, 5.74) is 10.1. The van der Waals surface area contributed by atoms with E-state index in [1.807, 2.05) is 49.4 Å². The summed E-state index contributed by atoms with van der Waals surface area (Å²) in [5.74, 6) is 1.67. The van der Waals surface area contributed by atoms with Crippen molar-refractivity contribution in [3.63, 3.8) is 0 Å². The quantitative estimate of drug-likeness (QED) is 0.184. The number of allylic oxidation sites excluding steroid dienone is 1. The number of fused-ring (bicyclic) bond motifs is 1. The van der Waals surface area contributed by atoms with Gasteiger partial charge in [-0.2, -0.15) is 5.26 Å². The number of nitriles is 1. The standard InChI is InChI=1S/C34H30N2O7/c1-21-4-6-22(7-5-21)19-41-29-15-8-23(16-31(29)39-3)33-27-14-13-26(17-30(27)43-34(36)28(33)18-35)42-32(37)20-40-25-11-9-24(38-2)10-12-25/h4-17,33H,19-20,36H2,1-3H3. The molecule has 1 heterocycles. The summed E-state index contributed by atoms with van der Waals surface area (Å²) >= 11 is 0. The average molecular weight is 579 g/mol. The van der Waals surface area contributed by atoms with E-state index in [2.05, 4.69) is 6.07 Å². The molecule has 0 bridgehead atoms. The summed E-state index contributed by atoms with van der Waals surface area (Å²) in [6, 6.07) is 27.5. The van der Waals surface area contributed by atoms with E-state index < -0.39 is 11.9 Å². The average Bonchev–Trinajstić information content (AvgIpc) is 3.03. The number of hydrogen-bond donors (Lipinski definition) is 1. The molecule has 43 heavy (non-hydrogen) atoms. The normalized spacial score (nSPS) is 13.7. The highest BCUT2D eigenvalue weighted by Gasteiger charge is 2.32. The summed E-state index contributed by atoms with van der Waals surface area (Å²) in [5, 5.41) is 9.97. The number of methoxy groups -OCH3 is 2. The van der Waals surface area contributed by atoms with Gasteiger partial charge in [-0.25, -0.2) is 4.79 Å². The first kappa shape index (κ1) is 28.9. The molecule has 0 saturated heterocycles. The molecule has 0 amide bonds. The number of carbonyl (C=O) groups excluding carboxylic acids is 1. The Kier molecular flexibility index (Phi) is 8.68. The molecule has 0 saturated carbocycles. The number of ether oxygens (including phenoxy) is 6. The maximum atomic E-state index is 12.5. The number of nitrogens with zero attached hydrogens (tertiary/aromatic N) is 1. The molecule has 0 fully saturated rings. The molecule has 1 aliphatic rings. The van der Waals surface area contributed by atoms with Crippen LogP contribution in [0.3, 0.4) is 0 Å². The van der Waals surface area contributed by atoms with Crippen molar-refractivity contribution in [2.45, 2.75) is 19.4 Å². The van der Waals surface area contributed by atoms with Gasteiger partial charge >= 0.3 is 5.97 Å². The fourth-order valence-corrected chi connectivity index (χ4v) is 4.65. The third-order valence-corrected chi connectivity index (χ3v) is 6.87. The number of nitrogens with two attached hydrogens (primary N) is 1. The third-order valence-electron chi connectivity index (χ3n) is 6.87. The molecule has 5 rings (SSSR count). The molecule has 1 unspecified atom stereocenters. The fourth-order valence-electron chi connectivity index (χ4n) is 4.65. The van der Waals surface area contributed by atoms with Crippen LogP contribution in [0.4, 0.5) is 0 Å². The lowest BCUT2D eigenvalue weighted by atomic mass is 9.83. The lowest BCUT2D eigenvalue weighted by Crippen LogP contribution is -2.21. The van der Waals surface area contributed by atoms with Crippen molar-refractivity contribution in [1.82, 2.24) is 0 Å². The highest BCUT2D eigenvalue weighted by molar-refractivity contribution is 5.74. The zero-order valence-electron chi connectivity index (χ0n) is 24.0. The van der Waals surface area contributed by atoms with Crippen LogP contribution in [0.1, 0.15) is 28.2 Å². The Hall–Kier alpha value is -5.62. The Morgan fingerprint density at radius 3 is 2.28 bits per heavy atom. The third kappa shape index (κ3) is 6.66. The second-order valence-corrected chi connectivity index (χ2v) is 9.75. The smallest absolute Gasteiger partial charge is 0.349 e. The van der Waals surface area contributed by atoms with Crippen molar-refractivity contribution in [3.05, 3.63) is 119 Å². The highest BCUT2D eigenvalue weighted by atomic mass is 16.6. The van der Waals surface area contributed by atoms with Crippen LogP contribution in [0.25, 0.3) is 0 Å². The van der Waals surface area contributed by atoms with Crippen molar-refractivity contribution < 1.29 is 33.2 Å². The zero-order chi connectivity index (χ0) is 30.3. The van der Waals surface area contributed by atoms with E-state index in [9.17, 15) is 10.1 Å². The van der Waals surface area contributed by atoms with E-state index in [4.69, 9.17) is 34.2 Å². The number of carbonyl (C=O) groups is 1. The van der Waals surface area contributed by atoms with E-state index in [0.29, 0.717) is 40.9 Å². The maximum Gasteiger partial charge on any atom is 0.349 e. The van der Waals surface area contributed by atoms with Crippen LogP contribution in [0.15, 0.2) is 96.4 Å². The first-order valence-corrected chi connectivity index (χ1v) is 13.4. The number of hydrogen-bond acceptors (Lipinski definition) is 9. The van der Waals surface area contributed by atoms with Gasteiger partial charge in [-0.3, -0.25) is 0 Å². The van der Waals surface area contributed by atoms with Crippen molar-refractivity contribution in [2.75, 3.05) is 20.8 Å². The second kappa shape index (κ2) is 12.9. The minimum absolute atomic E-state index is 0.0371. The van der Waals surface area contributed by atoms with Gasteiger partial charge in [0.2, 0.25) is 5.88 Å². The van der Waals surface area contributed by atoms with Crippen LogP contribution in [0.2, 0.25) is 0 Å². The maximum absolute atomic E-state index is 12.5. The first-order valence-electron chi connectivity index (χ1n) is 13.4. The molecule has 0 radical (unpaired) electrons. The van der Waals surface area contributed by atoms with Crippen LogP contribution >= 0.6 is 0 Å². The van der Waals surface area contributed by atoms with Crippen LogP contribution in [-0.4, -0.2) is 26.8 Å². The Bertz CT molecular complexity index is 1690. The monoisotopic (exact) mass is 578 g/mol. The van der Waals surface area contributed by atoms with Crippen molar-refractivity contribution in [3.8, 4) is 40.6 Å². The first-order chi connectivity index (χ1) is 20.9. The van der Waals surface area contributed by atoms with Gasteiger partial charge in [-0.1, -0.05) is 42.0 Å². The van der Waals surface area contributed by atoms with Crippen molar-refractivity contribution in [1.29, 1.82) is 5.26 Å². The van der Waals surface area contributed by atoms with Gasteiger partial charge in [0.05, 0.1) is 20.1 Å². The lowest BCUT2D eigenvalue weighted by Gasteiger charge is -2.27. The molecule has 4 aromatic carbocycles. The number of esters is 1. The summed E-state index contributed by atoms with van der Waals surface area (Å²) < 4.78 is 33.5. The molecular formula is C34H30N2O7. The summed E-state index contributed by atoms with van der Waals surface area (Å²) in [6.45, 7) is 2.11. The molecule has 0 aromatic heterocycles. The van der Waals surface area contributed by atoms with Gasteiger partial charge < -0.3 is 34.2 Å². The Labute approximate surface area is 249 Å². The van der Waals surface area contributed by atoms with E-state index in [1.54, 1.807) is 56.7 Å². The number of rotatable bonds is 10. The van der Waals surface area contributed by atoms with Crippen LogP contribution in [0, 0.1) is 18.3 Å². The predicted molar refractivity (Wildman–Crippen MR) is 158 cm³/mol. The van der Waals surface area contributed by atoms with Gasteiger partial charge in [-0.15, -0.1) is 0 Å². The minimum Gasteiger partial charge on any atom is -0.497 e. The predicted octanol–water partition coefficient (Wildman–Crippen LogP) is 5.79. The van der Waals surface area contributed by atoms with E-state index >= 15 is 0 Å². The SMILES string of the molecule is COc1ccc(OCC(=O)Oc2ccc3c(c2)OC(N)=C(C#N)C3c2ccc(OCc3ccc(C)cc3)c(OC)c2)cc1. The largest absolute Gasteiger partial charge is 0.497 e. The number of benzene rings is 4. The fraction of sp³-hybridized carbons (Fsp3) is 0.176. The molecule has 1 atom stereocenters. The molecular weight excluding hydrogens is 548 g/mol. The molecule has 0 aliphatic carbocycles. The molecule has 2 N–H and O–H groups in total. The van der Waals surface area contributed by atoms with Gasteiger partial charge in [0.15, 0.2) is 18.1 Å². The van der Waals surface area contributed by atoms with Gasteiger partial charge in [0, 0.05) is 11.6 Å². The van der Waals surface area contributed by atoms with Crippen molar-refractivity contribution in [2.24, 2.45) is 5.73 Å². The van der Waals surface area contributed by atoms with E-state index in [1.165, 1.54) is 5.56 Å². The highest BCUT2D eigenvalue weighted by Crippen LogP contribution is 2.45. The van der Waals surface area contributed by atoms with Crippen molar-refractivity contribution >= 4 is 5.97 Å². The Balaban J connectivity index is 1.33. The lowest BCUT2D eigenvalue weighted by molar-refractivity contribution is -0.136. The number of aryl methyl sites for hydroxylation is 1. The molecule has 9 nitrogen and oxygen atoms in total. The summed E-state index contributed by atoms with van der Waals surface area (Å²) in [4.78, 5) is 12.5. The zero-order valence-corrected chi connectivity index (χ0v) is 24.0. The molecule has 4 aromatic rings. The van der Waals surface area contributed by atoms with Gasteiger partial charge in [-0.05, 0) is 60.5 Å². The molecule has 218 valence electrons. The van der Waals surface area contributed by atoms with Gasteiger partial charge in [0.25, 0.3) is 0 Å². The molecule has 1 aliphatic heterocycles. The molecule has 9 heteroatoms. The van der Waals surface area contributed by atoms with Crippen LogP contribution in [-0.2, 0) is 11.4 Å². The molecule has 0 spiro atoms. The second-order valence-electron chi connectivity index (χ2n) is 9.75.